The SMILES string of the molecule is CCOC(=O)N1CCC[C@H]1c1oc2c(c1-c1ccc(Br)cc1)C(=O)c1ccccc1C2=O. The van der Waals surface area contributed by atoms with Gasteiger partial charge in [-0.3, -0.25) is 14.5 Å². The Bertz CT molecular complexity index is 1240. The van der Waals surface area contributed by atoms with Crippen molar-refractivity contribution in [2.24, 2.45) is 0 Å². The third-order valence-electron chi connectivity index (χ3n) is 5.98. The number of likely N-dealkylation sites (tertiary alicyclic amines) is 1. The summed E-state index contributed by atoms with van der Waals surface area (Å²) in [6, 6.07) is 13.9. The van der Waals surface area contributed by atoms with Gasteiger partial charge in [-0.05, 0) is 37.5 Å². The van der Waals surface area contributed by atoms with Crippen molar-refractivity contribution in [2.45, 2.75) is 25.8 Å². The van der Waals surface area contributed by atoms with Crippen LogP contribution in [0.25, 0.3) is 11.1 Å². The highest BCUT2D eigenvalue weighted by Crippen LogP contribution is 2.45. The van der Waals surface area contributed by atoms with Crippen LogP contribution in [0, 0.1) is 0 Å². The number of ether oxygens (including phenoxy) is 1. The van der Waals surface area contributed by atoms with E-state index in [-0.39, 0.29) is 29.5 Å². The van der Waals surface area contributed by atoms with Crippen LogP contribution in [-0.2, 0) is 4.74 Å². The molecule has 6 nitrogen and oxygen atoms in total. The van der Waals surface area contributed by atoms with Crippen molar-refractivity contribution in [1.82, 2.24) is 4.90 Å². The van der Waals surface area contributed by atoms with E-state index in [1.807, 2.05) is 24.3 Å². The fourth-order valence-electron chi connectivity index (χ4n) is 4.56. The second-order valence-electron chi connectivity index (χ2n) is 7.81. The van der Waals surface area contributed by atoms with E-state index in [4.69, 9.17) is 9.15 Å². The number of rotatable bonds is 3. The Balaban J connectivity index is 1.73. The number of furan rings is 1. The van der Waals surface area contributed by atoms with E-state index in [9.17, 15) is 14.4 Å². The summed E-state index contributed by atoms with van der Waals surface area (Å²) in [4.78, 5) is 41.0. The molecule has 0 bridgehead atoms. The number of amides is 1. The number of carbonyl (C=O) groups excluding carboxylic acids is 3. The Morgan fingerprint density at radius 3 is 2.44 bits per heavy atom. The van der Waals surface area contributed by atoms with Crippen molar-refractivity contribution < 1.29 is 23.5 Å². The van der Waals surface area contributed by atoms with E-state index in [1.165, 1.54) is 0 Å². The molecule has 1 aliphatic heterocycles. The molecule has 0 saturated carbocycles. The minimum Gasteiger partial charge on any atom is -0.454 e. The van der Waals surface area contributed by atoms with Gasteiger partial charge in [-0.15, -0.1) is 0 Å². The van der Waals surface area contributed by atoms with E-state index in [0.717, 1.165) is 16.5 Å². The van der Waals surface area contributed by atoms with Crippen molar-refractivity contribution in [3.8, 4) is 11.1 Å². The molecular weight excluding hydrogens is 474 g/mol. The van der Waals surface area contributed by atoms with Crippen molar-refractivity contribution in [2.75, 3.05) is 13.2 Å². The van der Waals surface area contributed by atoms with Gasteiger partial charge in [-0.25, -0.2) is 4.79 Å². The summed E-state index contributed by atoms with van der Waals surface area (Å²) in [7, 11) is 0. The fourth-order valence-corrected chi connectivity index (χ4v) is 4.83. The molecule has 1 aliphatic carbocycles. The third kappa shape index (κ3) is 3.19. The van der Waals surface area contributed by atoms with Gasteiger partial charge in [0.05, 0.1) is 18.2 Å². The standard InChI is InChI=1S/C25H20BrNO5/c1-2-31-25(30)27-13-5-8-18(27)23-19(14-9-11-15(26)12-10-14)20-21(28)16-6-3-4-7-17(16)22(29)24(20)32-23/h3-4,6-7,9-12,18H,2,5,8,13H2,1H3/t18-/m0/s1. The monoisotopic (exact) mass is 493 g/mol. The van der Waals surface area contributed by atoms with Gasteiger partial charge in [-0.2, -0.15) is 0 Å². The van der Waals surface area contributed by atoms with Crippen LogP contribution in [0.4, 0.5) is 4.79 Å². The zero-order chi connectivity index (χ0) is 22.4. The van der Waals surface area contributed by atoms with E-state index in [2.05, 4.69) is 15.9 Å². The van der Waals surface area contributed by atoms with Crippen molar-refractivity contribution in [3.63, 3.8) is 0 Å². The molecule has 1 atom stereocenters. The first kappa shape index (κ1) is 20.7. The van der Waals surface area contributed by atoms with Gasteiger partial charge >= 0.3 is 6.09 Å². The number of fused-ring (bicyclic) bond motifs is 2. The minimum atomic E-state index is -0.424. The van der Waals surface area contributed by atoms with Crippen LogP contribution in [0.5, 0.6) is 0 Å². The first-order valence-electron chi connectivity index (χ1n) is 10.6. The highest BCUT2D eigenvalue weighted by Gasteiger charge is 2.42. The van der Waals surface area contributed by atoms with Crippen molar-refractivity contribution in [1.29, 1.82) is 0 Å². The smallest absolute Gasteiger partial charge is 0.410 e. The summed E-state index contributed by atoms with van der Waals surface area (Å²) in [5.74, 6) is -0.0704. The summed E-state index contributed by atoms with van der Waals surface area (Å²) >= 11 is 3.44. The maximum absolute atomic E-state index is 13.5. The fraction of sp³-hybridized carbons (Fsp3) is 0.240. The molecule has 1 saturated heterocycles. The zero-order valence-electron chi connectivity index (χ0n) is 17.4. The van der Waals surface area contributed by atoms with Gasteiger partial charge in [0.2, 0.25) is 5.78 Å². The number of carbonyl (C=O) groups is 3. The van der Waals surface area contributed by atoms with Crippen molar-refractivity contribution in [3.05, 3.63) is 81.2 Å². The molecule has 2 aromatic carbocycles. The number of halogens is 1. The predicted molar refractivity (Wildman–Crippen MR) is 121 cm³/mol. The molecule has 5 rings (SSSR count). The largest absolute Gasteiger partial charge is 0.454 e. The van der Waals surface area contributed by atoms with Gasteiger partial charge in [0.15, 0.2) is 11.5 Å². The normalized spacial score (nSPS) is 17.3. The first-order valence-corrected chi connectivity index (χ1v) is 11.3. The molecule has 0 unspecified atom stereocenters. The summed E-state index contributed by atoms with van der Waals surface area (Å²) in [6.07, 6.45) is 1.01. The zero-order valence-corrected chi connectivity index (χ0v) is 19.0. The van der Waals surface area contributed by atoms with Gasteiger partial charge < -0.3 is 9.15 Å². The van der Waals surface area contributed by atoms with E-state index in [1.54, 1.807) is 36.1 Å². The maximum atomic E-state index is 13.5. The molecule has 1 aromatic heterocycles. The molecule has 3 aromatic rings. The molecule has 162 valence electrons. The lowest BCUT2D eigenvalue weighted by Gasteiger charge is -2.23. The molecule has 0 spiro atoms. The summed E-state index contributed by atoms with van der Waals surface area (Å²) in [5, 5.41) is 0. The van der Waals surface area contributed by atoms with E-state index in [0.29, 0.717) is 35.4 Å². The molecule has 1 fully saturated rings. The average molecular weight is 494 g/mol. The maximum Gasteiger partial charge on any atom is 0.410 e. The quantitative estimate of drug-likeness (QED) is 0.361. The highest BCUT2D eigenvalue weighted by molar-refractivity contribution is 9.10. The van der Waals surface area contributed by atoms with Crippen LogP contribution in [0.2, 0.25) is 0 Å². The summed E-state index contributed by atoms with van der Waals surface area (Å²) in [5.41, 5.74) is 2.29. The van der Waals surface area contributed by atoms with Crippen LogP contribution in [-0.4, -0.2) is 35.7 Å². The highest BCUT2D eigenvalue weighted by atomic mass is 79.9. The number of ketones is 2. The summed E-state index contributed by atoms with van der Waals surface area (Å²) < 4.78 is 12.3. The lowest BCUT2D eigenvalue weighted by molar-refractivity contribution is 0.0942. The molecule has 1 amide bonds. The lowest BCUT2D eigenvalue weighted by atomic mass is 9.84. The molecule has 0 N–H and O–H groups in total. The number of benzene rings is 2. The minimum absolute atomic E-state index is 0.0392. The number of nitrogens with zero attached hydrogens (tertiary/aromatic N) is 1. The molecule has 0 radical (unpaired) electrons. The Labute approximate surface area is 193 Å². The molecule has 2 aliphatic rings. The van der Waals surface area contributed by atoms with Crippen LogP contribution >= 0.6 is 15.9 Å². The molecule has 7 heteroatoms. The molecule has 32 heavy (non-hydrogen) atoms. The van der Waals surface area contributed by atoms with Crippen molar-refractivity contribution >= 4 is 33.6 Å². The topological polar surface area (TPSA) is 76.8 Å². The third-order valence-corrected chi connectivity index (χ3v) is 6.50. The van der Waals surface area contributed by atoms with E-state index >= 15 is 0 Å². The van der Waals surface area contributed by atoms with Crippen LogP contribution < -0.4 is 0 Å². The molecule has 2 heterocycles. The Hall–Kier alpha value is -3.19. The Morgan fingerprint density at radius 2 is 1.75 bits per heavy atom. The van der Waals surface area contributed by atoms with Gasteiger partial charge in [0, 0.05) is 27.7 Å². The average Bonchev–Trinajstić information content (AvgIpc) is 3.43. The lowest BCUT2D eigenvalue weighted by Crippen LogP contribution is -2.31. The second-order valence-corrected chi connectivity index (χ2v) is 8.72. The van der Waals surface area contributed by atoms with E-state index < -0.39 is 12.1 Å². The van der Waals surface area contributed by atoms with Crippen LogP contribution in [0.3, 0.4) is 0 Å². The van der Waals surface area contributed by atoms with Crippen LogP contribution in [0.15, 0.2) is 57.4 Å². The van der Waals surface area contributed by atoms with Gasteiger partial charge in [0.25, 0.3) is 0 Å². The number of hydrogen-bond donors (Lipinski definition) is 0. The predicted octanol–water partition coefficient (Wildman–Crippen LogP) is 5.78. The first-order chi connectivity index (χ1) is 15.5. The Morgan fingerprint density at radius 1 is 1.06 bits per heavy atom. The second kappa shape index (κ2) is 8.06. The van der Waals surface area contributed by atoms with Gasteiger partial charge in [0.1, 0.15) is 5.76 Å². The molecular formula is C25H20BrNO5. The Kier molecular flexibility index (Phi) is 5.21. The summed E-state index contributed by atoms with van der Waals surface area (Å²) in [6.45, 7) is 2.55. The number of hydrogen-bond acceptors (Lipinski definition) is 5. The van der Waals surface area contributed by atoms with Gasteiger partial charge in [-0.1, -0.05) is 52.3 Å². The van der Waals surface area contributed by atoms with Crippen LogP contribution in [0.1, 0.15) is 63.6 Å².